The quantitative estimate of drug-likeness (QED) is 0.784. The second kappa shape index (κ2) is 6.51. The Hall–Kier alpha value is -1.18. The fourth-order valence-corrected chi connectivity index (χ4v) is 2.53. The van der Waals surface area contributed by atoms with E-state index < -0.39 is 11.7 Å². The summed E-state index contributed by atoms with van der Waals surface area (Å²) in [5.74, 6) is 0. The molecule has 0 saturated carbocycles. The van der Waals surface area contributed by atoms with E-state index in [0.717, 1.165) is 12.5 Å². The van der Waals surface area contributed by atoms with Gasteiger partial charge in [-0.2, -0.15) is 13.2 Å². The Labute approximate surface area is 116 Å². The van der Waals surface area contributed by atoms with Crippen LogP contribution in [0.4, 0.5) is 13.2 Å². The van der Waals surface area contributed by atoms with Crippen molar-refractivity contribution in [1.82, 2.24) is 15.6 Å². The molecule has 1 aromatic rings. The van der Waals surface area contributed by atoms with Crippen molar-refractivity contribution in [3.8, 4) is 0 Å². The predicted molar refractivity (Wildman–Crippen MR) is 70.1 cm³/mol. The molecule has 0 spiro atoms. The summed E-state index contributed by atoms with van der Waals surface area (Å²) in [5.41, 5.74) is 4.86. The van der Waals surface area contributed by atoms with Gasteiger partial charge in [-0.15, -0.1) is 0 Å². The topological polar surface area (TPSA) is 63.0 Å². The summed E-state index contributed by atoms with van der Waals surface area (Å²) in [6.45, 7) is 1.86. The van der Waals surface area contributed by atoms with E-state index in [1.165, 1.54) is 12.3 Å². The van der Waals surface area contributed by atoms with Crippen LogP contribution >= 0.6 is 0 Å². The van der Waals surface area contributed by atoms with E-state index >= 15 is 0 Å². The first kappa shape index (κ1) is 15.2. The molecule has 0 radical (unpaired) electrons. The number of nitrogens with zero attached hydrogens (tertiary/aromatic N) is 1. The lowest BCUT2D eigenvalue weighted by atomic mass is 9.94. The van der Waals surface area contributed by atoms with Crippen LogP contribution in [0.2, 0.25) is 0 Å². The minimum absolute atomic E-state index is 0.0826. The van der Waals surface area contributed by atoms with E-state index in [4.69, 9.17) is 5.73 Å². The van der Waals surface area contributed by atoms with Crippen molar-refractivity contribution in [2.24, 2.45) is 5.73 Å². The van der Waals surface area contributed by atoms with Gasteiger partial charge < -0.3 is 16.4 Å². The summed E-state index contributed by atoms with van der Waals surface area (Å²) < 4.78 is 39.0. The first-order valence-corrected chi connectivity index (χ1v) is 6.71. The maximum atomic E-state index is 13.0. The molecule has 2 unspecified atom stereocenters. The highest BCUT2D eigenvalue weighted by Crippen LogP contribution is 2.35. The van der Waals surface area contributed by atoms with E-state index in [2.05, 4.69) is 15.6 Å². The SMILES string of the molecule is NCCNC1CCNC(c2ncccc2C(F)(F)F)C1. The van der Waals surface area contributed by atoms with E-state index in [0.29, 0.717) is 26.1 Å². The second-order valence-electron chi connectivity index (χ2n) is 4.90. The molecule has 0 bridgehead atoms. The lowest BCUT2D eigenvalue weighted by molar-refractivity contribution is -0.138. The Morgan fingerprint density at radius 3 is 2.95 bits per heavy atom. The Morgan fingerprint density at radius 1 is 1.45 bits per heavy atom. The Kier molecular flexibility index (Phi) is 4.95. The Balaban J connectivity index is 2.15. The van der Waals surface area contributed by atoms with Crippen molar-refractivity contribution in [3.05, 3.63) is 29.6 Å². The fraction of sp³-hybridized carbons (Fsp3) is 0.615. The van der Waals surface area contributed by atoms with Gasteiger partial charge in [0.05, 0.1) is 17.3 Å². The minimum atomic E-state index is -4.37. The van der Waals surface area contributed by atoms with Crippen LogP contribution in [0.15, 0.2) is 18.3 Å². The number of pyridine rings is 1. The number of piperidine rings is 1. The maximum absolute atomic E-state index is 13.0. The first-order valence-electron chi connectivity index (χ1n) is 6.71. The Morgan fingerprint density at radius 2 is 2.25 bits per heavy atom. The van der Waals surface area contributed by atoms with Gasteiger partial charge in [-0.05, 0) is 31.5 Å². The van der Waals surface area contributed by atoms with Crippen LogP contribution in [-0.4, -0.2) is 30.7 Å². The average molecular weight is 288 g/mol. The van der Waals surface area contributed by atoms with E-state index in [1.54, 1.807) is 0 Å². The molecule has 112 valence electrons. The van der Waals surface area contributed by atoms with Gasteiger partial charge in [0.25, 0.3) is 0 Å². The van der Waals surface area contributed by atoms with Crippen molar-refractivity contribution in [3.63, 3.8) is 0 Å². The number of aromatic nitrogens is 1. The molecular weight excluding hydrogens is 269 g/mol. The van der Waals surface area contributed by atoms with Crippen LogP contribution < -0.4 is 16.4 Å². The van der Waals surface area contributed by atoms with Gasteiger partial charge in [-0.1, -0.05) is 0 Å². The van der Waals surface area contributed by atoms with Gasteiger partial charge in [0, 0.05) is 25.3 Å². The molecule has 4 nitrogen and oxygen atoms in total. The van der Waals surface area contributed by atoms with Crippen LogP contribution in [0, 0.1) is 0 Å². The highest BCUT2D eigenvalue weighted by atomic mass is 19.4. The van der Waals surface area contributed by atoms with Crippen LogP contribution in [0.3, 0.4) is 0 Å². The predicted octanol–water partition coefficient (Wildman–Crippen LogP) is 1.44. The largest absolute Gasteiger partial charge is 0.418 e. The molecule has 2 atom stereocenters. The highest BCUT2D eigenvalue weighted by Gasteiger charge is 2.37. The normalized spacial score (nSPS) is 23.8. The van der Waals surface area contributed by atoms with Crippen LogP contribution in [0.5, 0.6) is 0 Å². The van der Waals surface area contributed by atoms with E-state index in [9.17, 15) is 13.2 Å². The summed E-state index contributed by atoms with van der Waals surface area (Å²) in [4.78, 5) is 3.95. The summed E-state index contributed by atoms with van der Waals surface area (Å²) in [7, 11) is 0. The number of nitrogens with one attached hydrogen (secondary N) is 2. The number of alkyl halides is 3. The zero-order valence-electron chi connectivity index (χ0n) is 11.1. The fourth-order valence-electron chi connectivity index (χ4n) is 2.53. The smallest absolute Gasteiger partial charge is 0.329 e. The Bertz CT molecular complexity index is 436. The van der Waals surface area contributed by atoms with Crippen molar-refractivity contribution in [2.75, 3.05) is 19.6 Å². The van der Waals surface area contributed by atoms with Gasteiger partial charge in [-0.25, -0.2) is 0 Å². The lowest BCUT2D eigenvalue weighted by Crippen LogP contribution is -2.44. The zero-order chi connectivity index (χ0) is 14.6. The van der Waals surface area contributed by atoms with Crippen LogP contribution in [-0.2, 0) is 6.18 Å². The molecule has 2 rings (SSSR count). The van der Waals surface area contributed by atoms with Crippen molar-refractivity contribution in [1.29, 1.82) is 0 Å². The molecule has 2 heterocycles. The van der Waals surface area contributed by atoms with Gasteiger partial charge in [0.1, 0.15) is 0 Å². The molecule has 1 aliphatic heterocycles. The third-order valence-electron chi connectivity index (χ3n) is 3.46. The summed E-state index contributed by atoms with van der Waals surface area (Å²) in [6, 6.07) is 2.20. The average Bonchev–Trinajstić information content (AvgIpc) is 2.44. The highest BCUT2D eigenvalue weighted by molar-refractivity contribution is 5.26. The van der Waals surface area contributed by atoms with Crippen LogP contribution in [0.25, 0.3) is 0 Å². The number of hydrogen-bond acceptors (Lipinski definition) is 4. The number of rotatable bonds is 4. The van der Waals surface area contributed by atoms with Gasteiger partial charge in [0.2, 0.25) is 0 Å². The molecule has 7 heteroatoms. The maximum Gasteiger partial charge on any atom is 0.418 e. The standard InChI is InChI=1S/C13H19F3N4/c14-13(15,16)10-2-1-5-20-12(10)11-8-9(3-6-19-11)18-7-4-17/h1-2,5,9,11,18-19H,3-4,6-8,17H2. The number of hydrogen-bond donors (Lipinski definition) is 3. The van der Waals surface area contributed by atoms with Crippen molar-refractivity contribution in [2.45, 2.75) is 31.1 Å². The minimum Gasteiger partial charge on any atom is -0.329 e. The van der Waals surface area contributed by atoms with E-state index in [1.807, 2.05) is 0 Å². The molecule has 1 aliphatic rings. The third kappa shape index (κ3) is 3.68. The number of halogens is 3. The van der Waals surface area contributed by atoms with Gasteiger partial charge in [0.15, 0.2) is 0 Å². The monoisotopic (exact) mass is 288 g/mol. The summed E-state index contributed by atoms with van der Waals surface area (Å²) >= 11 is 0. The molecule has 1 aromatic heterocycles. The molecule has 4 N–H and O–H groups in total. The zero-order valence-corrected chi connectivity index (χ0v) is 11.1. The van der Waals surface area contributed by atoms with Gasteiger partial charge in [-0.3, -0.25) is 4.98 Å². The molecule has 0 aliphatic carbocycles. The van der Waals surface area contributed by atoms with Crippen molar-refractivity contribution < 1.29 is 13.2 Å². The third-order valence-corrected chi connectivity index (χ3v) is 3.46. The summed E-state index contributed by atoms with van der Waals surface area (Å²) in [5, 5.41) is 6.38. The molecule has 0 amide bonds. The van der Waals surface area contributed by atoms with Crippen LogP contribution in [0.1, 0.15) is 30.1 Å². The molecule has 20 heavy (non-hydrogen) atoms. The molecule has 0 aromatic carbocycles. The summed E-state index contributed by atoms with van der Waals surface area (Å²) in [6.07, 6.45) is -1.50. The number of nitrogens with two attached hydrogens (primary N) is 1. The lowest BCUT2D eigenvalue weighted by Gasteiger charge is -2.31. The first-order chi connectivity index (χ1) is 9.52. The molecule has 1 fully saturated rings. The van der Waals surface area contributed by atoms with Gasteiger partial charge >= 0.3 is 6.18 Å². The van der Waals surface area contributed by atoms with Crippen molar-refractivity contribution >= 4 is 0 Å². The molecular formula is C13H19F3N4. The van der Waals surface area contributed by atoms with E-state index in [-0.39, 0.29) is 17.8 Å². The molecule has 1 saturated heterocycles. The second-order valence-corrected chi connectivity index (χ2v) is 4.90.